The molecule has 1 aliphatic heterocycles. The second-order valence-corrected chi connectivity index (χ2v) is 7.86. The molecule has 166 valence electrons. The molecule has 3 heterocycles. The molecule has 0 amide bonds. The summed E-state index contributed by atoms with van der Waals surface area (Å²) in [6, 6.07) is 14.2. The maximum atomic E-state index is 5.49. The Labute approximate surface area is 186 Å². The van der Waals surface area contributed by atoms with E-state index in [1.165, 1.54) is 0 Å². The van der Waals surface area contributed by atoms with Gasteiger partial charge in [0.2, 0.25) is 0 Å². The van der Waals surface area contributed by atoms with Crippen molar-refractivity contribution in [1.82, 2.24) is 20.2 Å². The largest absolute Gasteiger partial charge is 0.497 e. The summed E-state index contributed by atoms with van der Waals surface area (Å²) in [7, 11) is 3.33. The van der Waals surface area contributed by atoms with E-state index in [4.69, 9.17) is 19.2 Å². The van der Waals surface area contributed by atoms with E-state index in [9.17, 15) is 0 Å². The molecule has 0 aliphatic carbocycles. The lowest BCUT2D eigenvalue weighted by atomic mass is 10.1. The number of aryl methyl sites for hydroxylation is 2. The third-order valence-electron chi connectivity index (χ3n) is 5.81. The number of para-hydroxylation sites is 1. The van der Waals surface area contributed by atoms with Crippen molar-refractivity contribution in [2.45, 2.75) is 12.8 Å². The smallest absolute Gasteiger partial charge is 0.159 e. The summed E-state index contributed by atoms with van der Waals surface area (Å²) in [5.74, 6) is 2.36. The van der Waals surface area contributed by atoms with Crippen molar-refractivity contribution < 1.29 is 14.2 Å². The van der Waals surface area contributed by atoms with Crippen molar-refractivity contribution in [1.29, 1.82) is 0 Å². The third kappa shape index (κ3) is 4.13. The molecule has 0 radical (unpaired) electrons. The van der Waals surface area contributed by atoms with Crippen LogP contribution < -0.4 is 14.4 Å². The summed E-state index contributed by atoms with van der Waals surface area (Å²) in [6.07, 6.45) is 1.67. The molecule has 1 fully saturated rings. The van der Waals surface area contributed by atoms with Gasteiger partial charge in [-0.15, -0.1) is 0 Å². The minimum Gasteiger partial charge on any atom is -0.497 e. The van der Waals surface area contributed by atoms with E-state index < -0.39 is 0 Å². The zero-order valence-electron chi connectivity index (χ0n) is 18.4. The Balaban J connectivity index is 1.34. The minimum absolute atomic E-state index is 0.746. The number of rotatable bonds is 7. The van der Waals surface area contributed by atoms with Crippen LogP contribution in [0, 0.1) is 0 Å². The van der Waals surface area contributed by atoms with Crippen molar-refractivity contribution in [2.24, 2.45) is 0 Å². The van der Waals surface area contributed by atoms with Crippen molar-refractivity contribution in [3.63, 3.8) is 0 Å². The number of anilines is 1. The molecule has 2 N–H and O–H groups in total. The number of H-pyrrole nitrogens is 2. The van der Waals surface area contributed by atoms with E-state index in [2.05, 4.69) is 44.3 Å². The van der Waals surface area contributed by atoms with Crippen molar-refractivity contribution in [3.05, 3.63) is 53.7 Å². The Bertz CT molecular complexity index is 1190. The second kappa shape index (κ2) is 8.92. The zero-order chi connectivity index (χ0) is 21.9. The maximum absolute atomic E-state index is 5.49. The molecule has 0 bridgehead atoms. The highest BCUT2D eigenvalue weighted by Crippen LogP contribution is 2.29. The average molecular weight is 434 g/mol. The number of nitrogens with one attached hydrogen (secondary N) is 2. The Morgan fingerprint density at radius 1 is 1.00 bits per heavy atom. The Morgan fingerprint density at radius 2 is 1.78 bits per heavy atom. The molecule has 4 aromatic rings. The van der Waals surface area contributed by atoms with Crippen LogP contribution >= 0.6 is 0 Å². The van der Waals surface area contributed by atoms with Crippen molar-refractivity contribution in [2.75, 3.05) is 45.4 Å². The summed E-state index contributed by atoms with van der Waals surface area (Å²) >= 11 is 0. The number of fused-ring (bicyclic) bond motifs is 1. The number of aromatic amines is 2. The molecule has 8 heteroatoms. The normalized spacial score (nSPS) is 14.1. The predicted octanol–water partition coefficient (Wildman–Crippen LogP) is 3.59. The van der Waals surface area contributed by atoms with E-state index >= 15 is 0 Å². The zero-order valence-corrected chi connectivity index (χ0v) is 18.4. The number of ether oxygens (including phenoxy) is 3. The topological polar surface area (TPSA) is 88.3 Å². The lowest BCUT2D eigenvalue weighted by Gasteiger charge is -2.28. The number of benzene rings is 2. The second-order valence-electron chi connectivity index (χ2n) is 7.86. The summed E-state index contributed by atoms with van der Waals surface area (Å²) in [5, 5.41) is 7.66. The van der Waals surface area contributed by atoms with Crippen molar-refractivity contribution in [3.8, 4) is 23.0 Å². The molecule has 5 rings (SSSR count). The number of imidazole rings is 1. The van der Waals surface area contributed by atoms with Crippen LogP contribution in [0.15, 0.2) is 42.5 Å². The first-order valence-corrected chi connectivity index (χ1v) is 10.8. The van der Waals surface area contributed by atoms with Crippen LogP contribution in [0.4, 0.5) is 5.69 Å². The van der Waals surface area contributed by atoms with Crippen LogP contribution in [0.2, 0.25) is 0 Å². The molecule has 2 aromatic carbocycles. The molecule has 0 saturated carbocycles. The fourth-order valence-corrected chi connectivity index (χ4v) is 4.10. The van der Waals surface area contributed by atoms with Gasteiger partial charge in [0.25, 0.3) is 0 Å². The SMILES string of the molecule is COc1cc(CCc2cc(-c3nc4c(N5CCOCC5)cccc4[nH]3)n[nH]2)cc(OC)c1. The summed E-state index contributed by atoms with van der Waals surface area (Å²) in [4.78, 5) is 10.6. The fourth-order valence-electron chi connectivity index (χ4n) is 4.10. The van der Waals surface area contributed by atoms with E-state index in [0.717, 1.165) is 90.1 Å². The van der Waals surface area contributed by atoms with Crippen LogP contribution in [0.25, 0.3) is 22.6 Å². The first kappa shape index (κ1) is 20.4. The maximum Gasteiger partial charge on any atom is 0.159 e. The molecule has 2 aromatic heterocycles. The molecule has 8 nitrogen and oxygen atoms in total. The molecule has 1 aliphatic rings. The van der Waals surface area contributed by atoms with Crippen molar-refractivity contribution >= 4 is 16.7 Å². The number of methoxy groups -OCH3 is 2. The monoisotopic (exact) mass is 433 g/mol. The standard InChI is InChI=1S/C24H27N5O3/c1-30-18-12-16(13-19(15-18)31-2)6-7-17-14-21(28-27-17)24-25-20-4-3-5-22(23(20)26-24)29-8-10-32-11-9-29/h3-5,12-15H,6-11H2,1-2H3,(H,25,26)(H,27,28). The van der Waals surface area contributed by atoms with Gasteiger partial charge >= 0.3 is 0 Å². The number of morpholine rings is 1. The number of aromatic nitrogens is 4. The highest BCUT2D eigenvalue weighted by molar-refractivity contribution is 5.90. The van der Waals surface area contributed by atoms with Crippen LogP contribution in [0.5, 0.6) is 11.5 Å². The number of hydrogen-bond acceptors (Lipinski definition) is 6. The lowest BCUT2D eigenvalue weighted by molar-refractivity contribution is 0.123. The fraction of sp³-hybridized carbons (Fsp3) is 0.333. The summed E-state index contributed by atoms with van der Waals surface area (Å²) in [5.41, 5.74) is 6.13. The Morgan fingerprint density at radius 3 is 2.53 bits per heavy atom. The van der Waals surface area contributed by atoms with E-state index in [-0.39, 0.29) is 0 Å². The number of hydrogen-bond donors (Lipinski definition) is 2. The van der Waals surface area contributed by atoms with Crippen LogP contribution in [-0.2, 0) is 17.6 Å². The molecule has 32 heavy (non-hydrogen) atoms. The first-order valence-electron chi connectivity index (χ1n) is 10.8. The summed E-state index contributed by atoms with van der Waals surface area (Å²) in [6.45, 7) is 3.25. The molecule has 1 saturated heterocycles. The van der Waals surface area contributed by atoms with Gasteiger partial charge in [0, 0.05) is 24.8 Å². The third-order valence-corrected chi connectivity index (χ3v) is 5.81. The average Bonchev–Trinajstić information content (AvgIpc) is 3.50. The van der Waals surface area contributed by atoms with E-state index in [1.54, 1.807) is 14.2 Å². The highest BCUT2D eigenvalue weighted by Gasteiger charge is 2.17. The molecule has 0 unspecified atom stereocenters. The highest BCUT2D eigenvalue weighted by atomic mass is 16.5. The van der Waals surface area contributed by atoms with E-state index in [0.29, 0.717) is 0 Å². The Hall–Kier alpha value is -3.52. The lowest BCUT2D eigenvalue weighted by Crippen LogP contribution is -2.36. The molecular weight excluding hydrogens is 406 g/mol. The van der Waals surface area contributed by atoms with Crippen LogP contribution in [0.1, 0.15) is 11.3 Å². The van der Waals surface area contributed by atoms with Gasteiger partial charge in [-0.25, -0.2) is 4.98 Å². The minimum atomic E-state index is 0.746. The molecule has 0 atom stereocenters. The van der Waals surface area contributed by atoms with Crippen LogP contribution in [0.3, 0.4) is 0 Å². The predicted molar refractivity (Wildman–Crippen MR) is 124 cm³/mol. The van der Waals surface area contributed by atoms with Gasteiger partial charge in [0.05, 0.1) is 38.6 Å². The van der Waals surface area contributed by atoms with Gasteiger partial charge in [0.15, 0.2) is 5.82 Å². The van der Waals surface area contributed by atoms with Gasteiger partial charge in [-0.3, -0.25) is 5.10 Å². The summed E-state index contributed by atoms with van der Waals surface area (Å²) < 4.78 is 16.2. The molecular formula is C24H27N5O3. The molecule has 0 spiro atoms. The van der Waals surface area contributed by atoms with Crippen LogP contribution in [-0.4, -0.2) is 60.7 Å². The van der Waals surface area contributed by atoms with Gasteiger partial charge in [-0.05, 0) is 48.7 Å². The van der Waals surface area contributed by atoms with E-state index in [1.807, 2.05) is 18.2 Å². The van der Waals surface area contributed by atoms with Gasteiger partial charge < -0.3 is 24.1 Å². The quantitative estimate of drug-likeness (QED) is 0.463. The van der Waals surface area contributed by atoms with Gasteiger partial charge in [0.1, 0.15) is 22.7 Å². The van der Waals surface area contributed by atoms with Gasteiger partial charge in [-0.2, -0.15) is 5.10 Å². The van der Waals surface area contributed by atoms with Gasteiger partial charge in [-0.1, -0.05) is 6.07 Å². The number of nitrogens with zero attached hydrogens (tertiary/aromatic N) is 3. The Kier molecular flexibility index (Phi) is 5.68. The first-order chi connectivity index (χ1) is 15.7.